The highest BCUT2D eigenvalue weighted by Gasteiger charge is 2.51. The number of piperidine rings is 1. The number of likely N-dealkylation sites (tertiary alicyclic amines) is 2. The molecule has 2 amide bonds. The highest BCUT2D eigenvalue weighted by molar-refractivity contribution is 5.97. The maximum atomic E-state index is 13.4. The number of aliphatic hydroxyl groups is 1. The van der Waals surface area contributed by atoms with Gasteiger partial charge < -0.3 is 20.7 Å². The number of pyridine rings is 1. The molecule has 1 aromatic rings. The smallest absolute Gasteiger partial charge is 0.261 e. The van der Waals surface area contributed by atoms with Gasteiger partial charge in [0.1, 0.15) is 11.6 Å². The van der Waals surface area contributed by atoms with Crippen LogP contribution in [0.25, 0.3) is 0 Å². The molecule has 1 aromatic heterocycles. The molecule has 5 atom stereocenters. The number of rotatable bonds is 7. The van der Waals surface area contributed by atoms with Gasteiger partial charge in [-0.25, -0.2) is 0 Å². The lowest BCUT2D eigenvalue weighted by Gasteiger charge is -2.52. The lowest BCUT2D eigenvalue weighted by Crippen LogP contribution is -2.62. The number of nitrogens with two attached hydrogens (primary N) is 1. The number of H-pyrrole nitrogens is 1. The quantitative estimate of drug-likeness (QED) is 0.486. The molecule has 9 heteroatoms. The molecule has 5 unspecified atom stereocenters. The number of amides is 2. The molecular weight excluding hydrogens is 496 g/mol. The van der Waals surface area contributed by atoms with Crippen molar-refractivity contribution in [2.75, 3.05) is 19.6 Å². The van der Waals surface area contributed by atoms with E-state index in [-0.39, 0.29) is 35.6 Å². The number of hydrogen-bond acceptors (Lipinski definition) is 6. The number of aryl methyl sites for hydroxylation is 1. The summed E-state index contributed by atoms with van der Waals surface area (Å²) >= 11 is 0. The van der Waals surface area contributed by atoms with E-state index in [4.69, 9.17) is 5.73 Å². The zero-order chi connectivity index (χ0) is 28.1. The van der Waals surface area contributed by atoms with Gasteiger partial charge in [0.2, 0.25) is 5.91 Å². The van der Waals surface area contributed by atoms with Gasteiger partial charge in [-0.15, -0.1) is 0 Å². The van der Waals surface area contributed by atoms with Gasteiger partial charge >= 0.3 is 0 Å². The van der Waals surface area contributed by atoms with Crippen molar-refractivity contribution >= 4 is 17.6 Å². The van der Waals surface area contributed by atoms with Crippen molar-refractivity contribution in [3.63, 3.8) is 0 Å². The molecule has 1 saturated carbocycles. The van der Waals surface area contributed by atoms with Crippen molar-refractivity contribution in [1.82, 2.24) is 14.8 Å². The second-order valence-electron chi connectivity index (χ2n) is 12.4. The van der Waals surface area contributed by atoms with Crippen molar-refractivity contribution < 1.29 is 19.5 Å². The normalized spacial score (nSPS) is 31.8. The summed E-state index contributed by atoms with van der Waals surface area (Å²) in [5.41, 5.74) is 6.09. The van der Waals surface area contributed by atoms with Gasteiger partial charge in [0, 0.05) is 43.6 Å². The number of nitrogens with one attached hydrogen (secondary N) is 1. The maximum Gasteiger partial charge on any atom is 0.261 e. The van der Waals surface area contributed by atoms with E-state index in [9.17, 15) is 24.3 Å². The molecule has 9 nitrogen and oxygen atoms in total. The third-order valence-electron chi connectivity index (χ3n) is 9.78. The topological polar surface area (TPSA) is 137 Å². The molecule has 4 N–H and O–H groups in total. The molecule has 0 spiro atoms. The van der Waals surface area contributed by atoms with E-state index in [0.717, 1.165) is 31.5 Å². The molecule has 3 fully saturated rings. The highest BCUT2D eigenvalue weighted by atomic mass is 16.3. The van der Waals surface area contributed by atoms with Gasteiger partial charge in [0.05, 0.1) is 5.60 Å². The van der Waals surface area contributed by atoms with Crippen molar-refractivity contribution in [1.29, 1.82) is 0 Å². The Kier molecular flexibility index (Phi) is 7.59. The number of carbonyl (C=O) groups excluding carboxylic acids is 3. The van der Waals surface area contributed by atoms with Crippen LogP contribution in [0.5, 0.6) is 0 Å². The van der Waals surface area contributed by atoms with E-state index in [1.54, 1.807) is 19.1 Å². The Morgan fingerprint density at radius 3 is 2.56 bits per heavy atom. The van der Waals surface area contributed by atoms with Crippen molar-refractivity contribution in [3.8, 4) is 0 Å². The fourth-order valence-corrected chi connectivity index (χ4v) is 7.10. The minimum Gasteiger partial charge on any atom is -0.387 e. The molecule has 2 aliphatic carbocycles. The zero-order valence-corrected chi connectivity index (χ0v) is 23.4. The molecular formula is C30H42N4O5. The Morgan fingerprint density at radius 2 is 1.87 bits per heavy atom. The summed E-state index contributed by atoms with van der Waals surface area (Å²) in [4.78, 5) is 57.3. The second kappa shape index (κ2) is 10.7. The Bertz CT molecular complexity index is 1250. The summed E-state index contributed by atoms with van der Waals surface area (Å²) in [5, 5.41) is 12.6. The van der Waals surface area contributed by atoms with E-state index >= 15 is 0 Å². The maximum absolute atomic E-state index is 13.4. The number of aromatic amines is 1. The number of aromatic nitrogens is 1. The molecule has 212 valence electrons. The number of carbonyl (C=O) groups is 3. The monoisotopic (exact) mass is 538 g/mol. The van der Waals surface area contributed by atoms with E-state index in [1.165, 1.54) is 17.7 Å². The third kappa shape index (κ3) is 5.35. The molecule has 5 rings (SSSR count). The van der Waals surface area contributed by atoms with Gasteiger partial charge in [-0.1, -0.05) is 12.5 Å². The first-order chi connectivity index (χ1) is 18.5. The van der Waals surface area contributed by atoms with Crippen molar-refractivity contribution in [2.45, 2.75) is 89.8 Å². The van der Waals surface area contributed by atoms with Crippen molar-refractivity contribution in [3.05, 3.63) is 44.9 Å². The van der Waals surface area contributed by atoms with Gasteiger partial charge in [0.15, 0.2) is 5.78 Å². The minimum atomic E-state index is -1.20. The van der Waals surface area contributed by atoms with E-state index in [0.29, 0.717) is 43.0 Å². The molecule has 0 aromatic carbocycles. The molecule has 2 aliphatic heterocycles. The summed E-state index contributed by atoms with van der Waals surface area (Å²) in [7, 11) is 0. The van der Waals surface area contributed by atoms with Crippen LogP contribution in [0.4, 0.5) is 0 Å². The zero-order valence-electron chi connectivity index (χ0n) is 23.4. The fourth-order valence-electron chi connectivity index (χ4n) is 7.10. The van der Waals surface area contributed by atoms with Crippen LogP contribution in [0.1, 0.15) is 80.4 Å². The second-order valence-corrected chi connectivity index (χ2v) is 12.4. The Labute approximate surface area is 229 Å². The fraction of sp³-hybridized carbons (Fsp3) is 0.667. The van der Waals surface area contributed by atoms with Crippen LogP contribution in [0.15, 0.2) is 22.5 Å². The molecule has 0 radical (unpaired) electrons. The van der Waals surface area contributed by atoms with E-state index < -0.39 is 29.0 Å². The largest absolute Gasteiger partial charge is 0.387 e. The number of primary amides is 1. The minimum absolute atomic E-state index is 0.0392. The average molecular weight is 539 g/mol. The Morgan fingerprint density at radius 1 is 1.13 bits per heavy atom. The van der Waals surface area contributed by atoms with Gasteiger partial charge in [0.25, 0.3) is 11.5 Å². The van der Waals surface area contributed by atoms with Crippen LogP contribution in [0, 0.1) is 24.7 Å². The van der Waals surface area contributed by atoms with Gasteiger partial charge in [-0.3, -0.25) is 24.1 Å². The first-order valence-electron chi connectivity index (χ1n) is 14.5. The van der Waals surface area contributed by atoms with Gasteiger partial charge in [-0.2, -0.15) is 0 Å². The van der Waals surface area contributed by atoms with Crippen LogP contribution < -0.4 is 11.3 Å². The number of ketones is 1. The molecule has 4 aliphatic rings. The van der Waals surface area contributed by atoms with Gasteiger partial charge in [-0.05, 0) is 88.5 Å². The van der Waals surface area contributed by atoms with E-state index in [2.05, 4.69) is 23.7 Å². The first kappa shape index (κ1) is 27.8. The number of allylic oxidation sites excluding steroid dienone is 1. The predicted octanol–water partition coefficient (Wildman–Crippen LogP) is 2.09. The van der Waals surface area contributed by atoms with Crippen LogP contribution in [0.3, 0.4) is 0 Å². The Balaban J connectivity index is 1.51. The third-order valence-corrected chi connectivity index (χ3v) is 9.78. The molecule has 39 heavy (non-hydrogen) atoms. The lowest BCUT2D eigenvalue weighted by molar-refractivity contribution is -0.121. The summed E-state index contributed by atoms with van der Waals surface area (Å²) in [6, 6.07) is 0.699. The summed E-state index contributed by atoms with van der Waals surface area (Å²) in [5.74, 6) is -0.301. The molecule has 2 saturated heterocycles. The predicted molar refractivity (Wildman–Crippen MR) is 147 cm³/mol. The first-order valence-corrected chi connectivity index (χ1v) is 14.5. The number of nitrogens with zero attached hydrogens (tertiary/aromatic N) is 2. The molecule has 0 bridgehead atoms. The Hall–Kier alpha value is -2.78. The summed E-state index contributed by atoms with van der Waals surface area (Å²) < 4.78 is 0. The van der Waals surface area contributed by atoms with Crippen molar-refractivity contribution in [2.24, 2.45) is 23.5 Å². The highest BCUT2D eigenvalue weighted by Crippen LogP contribution is 2.45. The van der Waals surface area contributed by atoms with Crippen LogP contribution in [-0.4, -0.2) is 74.8 Å². The van der Waals surface area contributed by atoms with Crippen LogP contribution >= 0.6 is 0 Å². The summed E-state index contributed by atoms with van der Waals surface area (Å²) in [6.07, 6.45) is 7.64. The SMILES string of the molecule is Cc1[nH]c(=O)c(C(=O)N2CCCC2C(N)=O)cc1CC1(O)C(C2=CC(=O)CCC2C)CCN(CC2CC2)C1C. The standard InChI is InChI=1S/C30H42N4O5/c1-17-6-9-22(35)14-23(17)25-10-12-33(16-20-7-8-20)19(3)30(25,39)15-21-13-24(28(37)32-18(21)2)29(38)34-11-4-5-26(34)27(31)36/h13-14,17,19-20,25-26,39H,4-12,15-16H2,1-3H3,(H2,31,36)(H,32,37). The average Bonchev–Trinajstić information content (AvgIpc) is 3.56. The summed E-state index contributed by atoms with van der Waals surface area (Å²) in [6.45, 7) is 8.16. The van der Waals surface area contributed by atoms with Crippen LogP contribution in [0.2, 0.25) is 0 Å². The van der Waals surface area contributed by atoms with Crippen LogP contribution in [-0.2, 0) is 16.0 Å². The number of hydrogen-bond donors (Lipinski definition) is 3. The van der Waals surface area contributed by atoms with E-state index in [1.807, 2.05) is 0 Å². The lowest BCUT2D eigenvalue weighted by atomic mass is 9.65. The molecule has 3 heterocycles.